The van der Waals surface area contributed by atoms with Crippen LogP contribution in [0.4, 0.5) is 0 Å². The molecule has 1 fully saturated rings. The summed E-state index contributed by atoms with van der Waals surface area (Å²) in [4.78, 5) is 0. The lowest BCUT2D eigenvalue weighted by molar-refractivity contribution is 0.0273. The molecule has 0 amide bonds. The molecule has 0 aliphatic heterocycles. The van der Waals surface area contributed by atoms with Crippen LogP contribution in [-0.2, 0) is 17.8 Å². The Morgan fingerprint density at radius 1 is 1.05 bits per heavy atom. The number of ether oxygens (including phenoxy) is 1. The largest absolute Gasteiger partial charge is 0.378 e. The van der Waals surface area contributed by atoms with Crippen LogP contribution in [0.2, 0.25) is 0 Å². The van der Waals surface area contributed by atoms with Crippen molar-refractivity contribution in [1.82, 2.24) is 5.32 Å². The number of benzene rings is 1. The van der Waals surface area contributed by atoms with E-state index in [0.717, 1.165) is 26.1 Å². The minimum absolute atomic E-state index is 0.535. The van der Waals surface area contributed by atoms with Gasteiger partial charge in [-0.3, -0.25) is 0 Å². The molecule has 3 heteroatoms. The molecule has 2 rings (SSSR count). The summed E-state index contributed by atoms with van der Waals surface area (Å²) < 4.78 is 5.91. The summed E-state index contributed by atoms with van der Waals surface area (Å²) in [6.45, 7) is 3.45. The zero-order chi connectivity index (χ0) is 14.0. The average Bonchev–Trinajstić information content (AvgIpc) is 2.52. The molecule has 1 aliphatic rings. The van der Waals surface area contributed by atoms with Crippen LogP contribution in [0.3, 0.4) is 0 Å². The maximum absolute atomic E-state index is 5.91. The highest BCUT2D eigenvalue weighted by atomic mass is 16.5. The summed E-state index contributed by atoms with van der Waals surface area (Å²) in [5.41, 5.74) is 8.09. The van der Waals surface area contributed by atoms with E-state index in [-0.39, 0.29) is 0 Å². The molecule has 0 heterocycles. The van der Waals surface area contributed by atoms with E-state index in [9.17, 15) is 0 Å². The molecular formula is C17H28N2O. The van der Waals surface area contributed by atoms with E-state index in [4.69, 9.17) is 10.5 Å². The van der Waals surface area contributed by atoms with Crippen molar-refractivity contribution in [2.24, 2.45) is 5.73 Å². The first-order valence-electron chi connectivity index (χ1n) is 7.98. The number of nitrogens with one attached hydrogen (secondary N) is 1. The molecule has 0 atom stereocenters. The molecule has 0 spiro atoms. The molecule has 1 saturated carbocycles. The van der Waals surface area contributed by atoms with Gasteiger partial charge in [0.15, 0.2) is 0 Å². The van der Waals surface area contributed by atoms with Crippen LogP contribution in [0, 0.1) is 0 Å². The summed E-state index contributed by atoms with van der Waals surface area (Å²) in [6, 6.07) is 8.49. The maximum atomic E-state index is 5.91. The topological polar surface area (TPSA) is 47.3 Å². The quantitative estimate of drug-likeness (QED) is 0.718. The molecule has 20 heavy (non-hydrogen) atoms. The van der Waals surface area contributed by atoms with Gasteiger partial charge >= 0.3 is 0 Å². The van der Waals surface area contributed by atoms with Crippen molar-refractivity contribution in [3.8, 4) is 0 Å². The maximum Gasteiger partial charge on any atom is 0.0575 e. The number of nitrogens with two attached hydrogens (primary N) is 1. The molecule has 0 unspecified atom stereocenters. The van der Waals surface area contributed by atoms with Gasteiger partial charge < -0.3 is 15.8 Å². The summed E-state index contributed by atoms with van der Waals surface area (Å²) in [5.74, 6) is 0. The van der Waals surface area contributed by atoms with Crippen LogP contribution in [0.15, 0.2) is 24.3 Å². The third kappa shape index (κ3) is 5.61. The molecule has 0 aromatic heterocycles. The lowest BCUT2D eigenvalue weighted by Crippen LogP contribution is -2.20. The first-order valence-corrected chi connectivity index (χ1v) is 7.98. The average molecular weight is 276 g/mol. The monoisotopic (exact) mass is 276 g/mol. The number of rotatable bonds is 8. The highest BCUT2D eigenvalue weighted by Crippen LogP contribution is 2.20. The van der Waals surface area contributed by atoms with Crippen molar-refractivity contribution < 1.29 is 4.74 Å². The van der Waals surface area contributed by atoms with Gasteiger partial charge in [-0.2, -0.15) is 0 Å². The van der Waals surface area contributed by atoms with E-state index in [1.54, 1.807) is 0 Å². The Morgan fingerprint density at radius 3 is 2.45 bits per heavy atom. The van der Waals surface area contributed by atoms with Crippen molar-refractivity contribution in [3.05, 3.63) is 35.4 Å². The molecule has 1 aromatic rings. The van der Waals surface area contributed by atoms with Gasteiger partial charge in [0, 0.05) is 19.7 Å². The first-order chi connectivity index (χ1) is 9.88. The molecule has 112 valence electrons. The molecule has 0 radical (unpaired) electrons. The second-order valence-electron chi connectivity index (χ2n) is 5.68. The second-order valence-corrected chi connectivity index (χ2v) is 5.68. The van der Waals surface area contributed by atoms with Crippen molar-refractivity contribution >= 4 is 0 Å². The van der Waals surface area contributed by atoms with E-state index in [1.807, 2.05) is 0 Å². The van der Waals surface area contributed by atoms with Crippen LogP contribution in [-0.4, -0.2) is 19.3 Å². The SMILES string of the molecule is NCc1ccc(CNCCCOC2CCCCC2)cc1. The predicted molar refractivity (Wildman–Crippen MR) is 83.5 cm³/mol. The van der Waals surface area contributed by atoms with E-state index in [0.29, 0.717) is 12.6 Å². The van der Waals surface area contributed by atoms with E-state index in [1.165, 1.54) is 43.2 Å². The Morgan fingerprint density at radius 2 is 1.75 bits per heavy atom. The zero-order valence-electron chi connectivity index (χ0n) is 12.4. The van der Waals surface area contributed by atoms with Gasteiger partial charge in [0.2, 0.25) is 0 Å². The smallest absolute Gasteiger partial charge is 0.0575 e. The Hall–Kier alpha value is -0.900. The first kappa shape index (κ1) is 15.5. The van der Waals surface area contributed by atoms with Crippen molar-refractivity contribution in [2.45, 2.75) is 57.7 Å². The van der Waals surface area contributed by atoms with Crippen LogP contribution in [0.25, 0.3) is 0 Å². The van der Waals surface area contributed by atoms with Gasteiger partial charge in [-0.1, -0.05) is 43.5 Å². The molecule has 3 nitrogen and oxygen atoms in total. The minimum Gasteiger partial charge on any atom is -0.378 e. The van der Waals surface area contributed by atoms with Crippen LogP contribution < -0.4 is 11.1 Å². The standard InChI is InChI=1S/C17H28N2O/c18-13-15-7-9-16(10-8-15)14-19-11-4-12-20-17-5-2-1-3-6-17/h7-10,17,19H,1-6,11-14,18H2. The van der Waals surface area contributed by atoms with E-state index < -0.39 is 0 Å². The molecule has 0 saturated heterocycles. The lowest BCUT2D eigenvalue weighted by atomic mass is 9.98. The summed E-state index contributed by atoms with van der Waals surface area (Å²) in [6.07, 6.45) is 8.25. The molecular weight excluding hydrogens is 248 g/mol. The predicted octanol–water partition coefficient (Wildman–Crippen LogP) is 2.97. The molecule has 0 bridgehead atoms. The molecule has 1 aliphatic carbocycles. The highest BCUT2D eigenvalue weighted by molar-refractivity contribution is 5.22. The van der Waals surface area contributed by atoms with E-state index >= 15 is 0 Å². The van der Waals surface area contributed by atoms with Gasteiger partial charge in [-0.15, -0.1) is 0 Å². The highest BCUT2D eigenvalue weighted by Gasteiger charge is 2.12. The number of hydrogen-bond donors (Lipinski definition) is 2. The Balaban J connectivity index is 1.50. The van der Waals surface area contributed by atoms with Crippen LogP contribution in [0.1, 0.15) is 49.7 Å². The number of hydrogen-bond acceptors (Lipinski definition) is 3. The van der Waals surface area contributed by atoms with Gasteiger partial charge in [0.05, 0.1) is 6.10 Å². The fourth-order valence-electron chi connectivity index (χ4n) is 2.70. The summed E-state index contributed by atoms with van der Waals surface area (Å²) in [7, 11) is 0. The third-order valence-corrected chi connectivity index (χ3v) is 3.99. The fraction of sp³-hybridized carbons (Fsp3) is 0.647. The molecule has 1 aromatic carbocycles. The van der Waals surface area contributed by atoms with Crippen molar-refractivity contribution in [2.75, 3.05) is 13.2 Å². The zero-order valence-corrected chi connectivity index (χ0v) is 12.4. The van der Waals surface area contributed by atoms with Gasteiger partial charge in [-0.25, -0.2) is 0 Å². The van der Waals surface area contributed by atoms with Crippen molar-refractivity contribution in [1.29, 1.82) is 0 Å². The van der Waals surface area contributed by atoms with Gasteiger partial charge in [0.25, 0.3) is 0 Å². The fourth-order valence-corrected chi connectivity index (χ4v) is 2.70. The summed E-state index contributed by atoms with van der Waals surface area (Å²) in [5, 5.41) is 3.47. The normalized spacial score (nSPS) is 16.4. The van der Waals surface area contributed by atoms with E-state index in [2.05, 4.69) is 29.6 Å². The Kier molecular flexibility index (Phi) is 7.06. The minimum atomic E-state index is 0.535. The Labute approximate surface area is 122 Å². The van der Waals surface area contributed by atoms with Crippen LogP contribution in [0.5, 0.6) is 0 Å². The van der Waals surface area contributed by atoms with Crippen molar-refractivity contribution in [3.63, 3.8) is 0 Å². The molecule has 3 N–H and O–H groups in total. The van der Waals surface area contributed by atoms with Crippen LogP contribution >= 0.6 is 0 Å². The lowest BCUT2D eigenvalue weighted by Gasteiger charge is -2.21. The van der Waals surface area contributed by atoms with Gasteiger partial charge in [0.1, 0.15) is 0 Å². The van der Waals surface area contributed by atoms with Gasteiger partial charge in [-0.05, 0) is 36.9 Å². The Bertz CT molecular complexity index is 358. The summed E-state index contributed by atoms with van der Waals surface area (Å²) >= 11 is 0. The third-order valence-electron chi connectivity index (χ3n) is 3.99. The second kappa shape index (κ2) is 9.11.